The average molecular weight is 572 g/mol. The molecule has 0 fully saturated rings. The van der Waals surface area contributed by atoms with Gasteiger partial charge in [-0.25, -0.2) is 8.42 Å². The summed E-state index contributed by atoms with van der Waals surface area (Å²) in [7, 11) is -2.93. The van der Waals surface area contributed by atoms with E-state index in [1.165, 1.54) is 26.2 Å². The van der Waals surface area contributed by atoms with E-state index in [9.17, 15) is 36.1 Å². The van der Waals surface area contributed by atoms with Gasteiger partial charge in [-0.2, -0.15) is 22.7 Å². The van der Waals surface area contributed by atoms with Crippen LogP contribution < -0.4 is 24.4 Å². The molecule has 0 atom stereocenters. The molecule has 3 aromatic rings. The summed E-state index contributed by atoms with van der Waals surface area (Å²) in [5, 5.41) is 15.6. The lowest BCUT2D eigenvalue weighted by Crippen LogP contribution is -2.14. The fourth-order valence-corrected chi connectivity index (χ4v) is 4.32. The molecule has 16 heteroatoms. The minimum atomic E-state index is -4.27. The van der Waals surface area contributed by atoms with E-state index in [1.54, 1.807) is 12.1 Å². The van der Waals surface area contributed by atoms with Crippen LogP contribution in [0.2, 0.25) is 0 Å². The quantitative estimate of drug-likeness (QED) is 0.126. The smallest absolute Gasteiger partial charge is 0.387 e. The highest BCUT2D eigenvalue weighted by atomic mass is 32.2. The number of nitrogens with zero attached hydrogens (tertiary/aromatic N) is 2. The molecule has 0 saturated heterocycles. The first-order valence-corrected chi connectivity index (χ1v) is 12.2. The van der Waals surface area contributed by atoms with Gasteiger partial charge in [0.2, 0.25) is 0 Å². The summed E-state index contributed by atoms with van der Waals surface area (Å²) in [4.78, 5) is 10.4. The predicted octanol–water partition coefficient (Wildman–Crippen LogP) is 5.44. The Labute approximate surface area is 219 Å². The number of benzene rings is 3. The molecule has 0 aromatic heterocycles. The molecule has 0 amide bonds. The van der Waals surface area contributed by atoms with Gasteiger partial charge < -0.3 is 14.2 Å². The van der Waals surface area contributed by atoms with Crippen molar-refractivity contribution in [3.63, 3.8) is 0 Å². The highest BCUT2D eigenvalue weighted by molar-refractivity contribution is 7.92. The molecular formula is C23H20F4N4O7S. The van der Waals surface area contributed by atoms with Crippen LogP contribution in [0.1, 0.15) is 12.5 Å². The van der Waals surface area contributed by atoms with Crippen LogP contribution in [0.4, 0.5) is 34.6 Å². The highest BCUT2D eigenvalue weighted by Crippen LogP contribution is 2.32. The van der Waals surface area contributed by atoms with Gasteiger partial charge in [0.15, 0.2) is 0 Å². The number of para-hydroxylation sites is 2. The molecule has 0 spiro atoms. The van der Waals surface area contributed by atoms with Crippen molar-refractivity contribution >= 4 is 32.8 Å². The zero-order valence-electron chi connectivity index (χ0n) is 20.1. The van der Waals surface area contributed by atoms with Crippen molar-refractivity contribution in [2.45, 2.75) is 25.0 Å². The van der Waals surface area contributed by atoms with Crippen molar-refractivity contribution in [2.75, 3.05) is 17.3 Å². The maximum Gasteiger partial charge on any atom is 0.387 e. The van der Waals surface area contributed by atoms with Crippen molar-refractivity contribution in [2.24, 2.45) is 5.10 Å². The van der Waals surface area contributed by atoms with Crippen LogP contribution >= 0.6 is 0 Å². The third-order valence-corrected chi connectivity index (χ3v) is 6.32. The number of halogens is 4. The van der Waals surface area contributed by atoms with E-state index in [0.29, 0.717) is 0 Å². The van der Waals surface area contributed by atoms with Crippen molar-refractivity contribution < 1.29 is 45.1 Å². The van der Waals surface area contributed by atoms with Gasteiger partial charge in [-0.3, -0.25) is 20.3 Å². The Morgan fingerprint density at radius 3 is 2.28 bits per heavy atom. The Bertz CT molecular complexity index is 1490. The lowest BCUT2D eigenvalue weighted by molar-refractivity contribution is -0.384. The van der Waals surface area contributed by atoms with Gasteiger partial charge >= 0.3 is 13.2 Å². The summed E-state index contributed by atoms with van der Waals surface area (Å²) >= 11 is 0. The van der Waals surface area contributed by atoms with Crippen LogP contribution in [0.15, 0.2) is 70.7 Å². The second-order valence-corrected chi connectivity index (χ2v) is 9.15. The molecule has 11 nitrogen and oxygen atoms in total. The number of rotatable bonds is 12. The number of anilines is 2. The molecule has 3 aromatic carbocycles. The fraction of sp³-hybridized carbons (Fsp3) is 0.174. The number of methoxy groups -OCH3 is 1. The largest absolute Gasteiger partial charge is 0.495 e. The van der Waals surface area contributed by atoms with Crippen LogP contribution in [-0.4, -0.2) is 39.4 Å². The Morgan fingerprint density at radius 2 is 1.64 bits per heavy atom. The van der Waals surface area contributed by atoms with Crippen LogP contribution in [-0.2, 0) is 10.0 Å². The number of hydrogen-bond acceptors (Lipinski definition) is 9. The van der Waals surface area contributed by atoms with Gasteiger partial charge in [-0.15, -0.1) is 0 Å². The molecule has 3 rings (SSSR count). The van der Waals surface area contributed by atoms with Gasteiger partial charge in [-0.1, -0.05) is 12.1 Å². The first-order valence-electron chi connectivity index (χ1n) is 10.7. The van der Waals surface area contributed by atoms with Gasteiger partial charge in [0.1, 0.15) is 22.9 Å². The second-order valence-electron chi connectivity index (χ2n) is 7.47. The third-order valence-electron chi connectivity index (χ3n) is 4.96. The topological polar surface area (TPSA) is 141 Å². The molecule has 0 bridgehead atoms. The molecule has 208 valence electrons. The molecule has 0 heterocycles. The average Bonchev–Trinajstić information content (AvgIpc) is 2.86. The maximum atomic E-state index is 12.9. The lowest BCUT2D eigenvalue weighted by atomic mass is 10.1. The Hall–Kier alpha value is -4.60. The zero-order chi connectivity index (χ0) is 28.7. The molecule has 0 aliphatic heterocycles. The minimum absolute atomic E-state index is 0.0296. The van der Waals surface area contributed by atoms with E-state index in [2.05, 4.69) is 24.7 Å². The number of nitro benzene ring substituents is 1. The van der Waals surface area contributed by atoms with Crippen LogP contribution in [0.3, 0.4) is 0 Å². The van der Waals surface area contributed by atoms with Gasteiger partial charge in [-0.05, 0) is 43.3 Å². The number of alkyl halides is 4. The number of sulfonamides is 1. The van der Waals surface area contributed by atoms with Crippen molar-refractivity contribution in [1.29, 1.82) is 0 Å². The predicted molar refractivity (Wildman–Crippen MR) is 132 cm³/mol. The SMILES string of the molecule is COc1ccccc1NS(=O)(=O)c1ccc(N/N=C(/C)c2ccc(OC(F)F)cc2OC(F)F)c([N+](=O)[O-])c1. The fourth-order valence-electron chi connectivity index (χ4n) is 3.23. The van der Waals surface area contributed by atoms with E-state index in [-0.39, 0.29) is 28.4 Å². The monoisotopic (exact) mass is 572 g/mol. The van der Waals surface area contributed by atoms with Gasteiger partial charge in [0, 0.05) is 17.7 Å². The summed E-state index contributed by atoms with van der Waals surface area (Å²) in [6, 6.07) is 12.1. The van der Waals surface area contributed by atoms with Crippen molar-refractivity contribution in [3.05, 3.63) is 76.3 Å². The molecule has 0 aliphatic rings. The maximum absolute atomic E-state index is 12.9. The molecular weight excluding hydrogens is 552 g/mol. The number of hydrazone groups is 1. The van der Waals surface area contributed by atoms with Crippen LogP contribution in [0.5, 0.6) is 17.2 Å². The van der Waals surface area contributed by atoms with E-state index in [0.717, 1.165) is 36.4 Å². The molecule has 39 heavy (non-hydrogen) atoms. The standard InChI is InChI=1S/C23H20F4N4O7S/c1-13(16-9-7-14(37-22(24)25)11-21(16)38-23(26)27)28-29-17-10-8-15(12-19(17)31(32)33)39(34,35)30-18-5-3-4-6-20(18)36-2/h3-12,22-23,29-30H,1-2H3/b28-13-. The summed E-state index contributed by atoms with van der Waals surface area (Å²) < 4.78 is 92.3. The number of nitro groups is 1. The van der Waals surface area contributed by atoms with Crippen LogP contribution in [0, 0.1) is 10.1 Å². The van der Waals surface area contributed by atoms with E-state index in [1.807, 2.05) is 0 Å². The van der Waals surface area contributed by atoms with E-state index in [4.69, 9.17) is 4.74 Å². The molecule has 0 radical (unpaired) electrons. The molecule has 2 N–H and O–H groups in total. The van der Waals surface area contributed by atoms with Gasteiger partial charge in [0.25, 0.3) is 15.7 Å². The normalized spacial score (nSPS) is 11.8. The van der Waals surface area contributed by atoms with E-state index >= 15 is 0 Å². The summed E-state index contributed by atoms with van der Waals surface area (Å²) in [5.41, 5.74) is 1.50. The number of hydrogen-bond donors (Lipinski definition) is 2. The molecule has 0 saturated carbocycles. The first kappa shape index (κ1) is 29.0. The summed E-state index contributed by atoms with van der Waals surface area (Å²) in [6.07, 6.45) is 0. The number of ether oxygens (including phenoxy) is 3. The van der Waals surface area contributed by atoms with Crippen molar-refractivity contribution in [1.82, 2.24) is 0 Å². The van der Waals surface area contributed by atoms with Crippen molar-refractivity contribution in [3.8, 4) is 17.2 Å². The number of nitrogens with one attached hydrogen (secondary N) is 2. The first-order chi connectivity index (χ1) is 18.4. The minimum Gasteiger partial charge on any atom is -0.495 e. The Kier molecular flexibility index (Phi) is 9.13. The zero-order valence-corrected chi connectivity index (χ0v) is 20.9. The second kappa shape index (κ2) is 12.3. The molecule has 0 unspecified atom stereocenters. The third kappa shape index (κ3) is 7.47. The molecule has 0 aliphatic carbocycles. The Morgan fingerprint density at radius 1 is 0.949 bits per heavy atom. The highest BCUT2D eigenvalue weighted by Gasteiger charge is 2.23. The van der Waals surface area contributed by atoms with E-state index < -0.39 is 50.3 Å². The summed E-state index contributed by atoms with van der Waals surface area (Å²) in [5.74, 6) is -0.758. The lowest BCUT2D eigenvalue weighted by Gasteiger charge is -2.13. The van der Waals surface area contributed by atoms with Crippen LogP contribution in [0.25, 0.3) is 0 Å². The van der Waals surface area contributed by atoms with Gasteiger partial charge in [0.05, 0.1) is 28.3 Å². The summed E-state index contributed by atoms with van der Waals surface area (Å²) in [6.45, 7) is -5.17. The Balaban J connectivity index is 1.91.